The van der Waals surface area contributed by atoms with Gasteiger partial charge >= 0.3 is 0 Å². The van der Waals surface area contributed by atoms with Gasteiger partial charge in [0.25, 0.3) is 0 Å². The van der Waals surface area contributed by atoms with Crippen LogP contribution in [0.5, 0.6) is 0 Å². The lowest BCUT2D eigenvalue weighted by molar-refractivity contribution is -0.132. The smallest absolute Gasteiger partial charge is 0.245 e. The Labute approximate surface area is 90.8 Å². The standard InChI is InChI=1S/C10H21N3O2/c1-8-7-13(3)5-4-10(8,11-2)6-9(14)12-15/h8,11,15H,4-7H2,1-3H3,(H,12,14). The first-order valence-electron chi connectivity index (χ1n) is 5.34. The molecule has 1 fully saturated rings. The van der Waals surface area contributed by atoms with Crippen molar-refractivity contribution < 1.29 is 10.0 Å². The fourth-order valence-corrected chi connectivity index (χ4v) is 2.42. The summed E-state index contributed by atoms with van der Waals surface area (Å²) in [6.07, 6.45) is 1.25. The molecule has 0 radical (unpaired) electrons. The van der Waals surface area contributed by atoms with E-state index in [2.05, 4.69) is 24.2 Å². The molecule has 3 N–H and O–H groups in total. The molecular formula is C10H21N3O2. The van der Waals surface area contributed by atoms with E-state index < -0.39 is 0 Å². The lowest BCUT2D eigenvalue weighted by Gasteiger charge is -2.45. The van der Waals surface area contributed by atoms with Gasteiger partial charge in [-0.2, -0.15) is 0 Å². The summed E-state index contributed by atoms with van der Waals surface area (Å²) in [5, 5.41) is 11.8. The molecular weight excluding hydrogens is 194 g/mol. The van der Waals surface area contributed by atoms with Gasteiger partial charge in [0.2, 0.25) is 5.91 Å². The summed E-state index contributed by atoms with van der Waals surface area (Å²) in [5.41, 5.74) is 1.53. The molecule has 1 aliphatic heterocycles. The number of rotatable bonds is 3. The predicted molar refractivity (Wildman–Crippen MR) is 57.6 cm³/mol. The summed E-state index contributed by atoms with van der Waals surface area (Å²) in [4.78, 5) is 13.5. The van der Waals surface area contributed by atoms with Crippen molar-refractivity contribution >= 4 is 5.91 Å². The van der Waals surface area contributed by atoms with E-state index in [-0.39, 0.29) is 11.4 Å². The van der Waals surface area contributed by atoms with Crippen LogP contribution in [0.2, 0.25) is 0 Å². The van der Waals surface area contributed by atoms with Crippen molar-refractivity contribution in [2.45, 2.75) is 25.3 Å². The van der Waals surface area contributed by atoms with Crippen LogP contribution in [0.3, 0.4) is 0 Å². The van der Waals surface area contributed by atoms with E-state index in [9.17, 15) is 4.79 Å². The zero-order valence-electron chi connectivity index (χ0n) is 9.71. The predicted octanol–water partition coefficient (Wildman–Crippen LogP) is -0.188. The van der Waals surface area contributed by atoms with Crippen LogP contribution in [0.25, 0.3) is 0 Å². The molecule has 5 nitrogen and oxygen atoms in total. The first-order chi connectivity index (χ1) is 7.04. The largest absolute Gasteiger partial charge is 0.313 e. The first-order valence-corrected chi connectivity index (χ1v) is 5.34. The van der Waals surface area contributed by atoms with Gasteiger partial charge in [0.1, 0.15) is 0 Å². The van der Waals surface area contributed by atoms with Crippen molar-refractivity contribution in [3.63, 3.8) is 0 Å². The summed E-state index contributed by atoms with van der Waals surface area (Å²) in [7, 11) is 3.97. The molecule has 15 heavy (non-hydrogen) atoms. The number of carbonyl (C=O) groups excluding carboxylic acids is 1. The van der Waals surface area contributed by atoms with Gasteiger partial charge in [-0.1, -0.05) is 6.92 Å². The van der Waals surface area contributed by atoms with Gasteiger partial charge in [0, 0.05) is 18.5 Å². The van der Waals surface area contributed by atoms with Crippen LogP contribution < -0.4 is 10.8 Å². The average Bonchev–Trinajstić information content (AvgIpc) is 2.22. The summed E-state index contributed by atoms with van der Waals surface area (Å²) in [6.45, 7) is 4.08. The number of hydrogen-bond donors (Lipinski definition) is 3. The van der Waals surface area contributed by atoms with Gasteiger partial charge in [-0.25, -0.2) is 5.48 Å². The number of likely N-dealkylation sites (tertiary alicyclic amines) is 1. The number of hydrogen-bond acceptors (Lipinski definition) is 4. The normalized spacial score (nSPS) is 32.7. The lowest BCUT2D eigenvalue weighted by atomic mass is 9.76. The third kappa shape index (κ3) is 2.68. The van der Waals surface area contributed by atoms with Crippen molar-refractivity contribution in [1.29, 1.82) is 0 Å². The molecule has 0 aliphatic carbocycles. The molecule has 1 amide bonds. The molecule has 0 saturated carbocycles. The van der Waals surface area contributed by atoms with E-state index in [1.807, 2.05) is 7.05 Å². The number of nitrogens with one attached hydrogen (secondary N) is 2. The van der Waals surface area contributed by atoms with Gasteiger partial charge in [0.15, 0.2) is 0 Å². The van der Waals surface area contributed by atoms with E-state index in [1.54, 1.807) is 5.48 Å². The summed E-state index contributed by atoms with van der Waals surface area (Å²) in [6, 6.07) is 0. The van der Waals surface area contributed by atoms with Crippen molar-refractivity contribution in [2.75, 3.05) is 27.2 Å². The molecule has 1 saturated heterocycles. The van der Waals surface area contributed by atoms with Gasteiger partial charge in [0.05, 0.1) is 0 Å². The molecule has 0 aromatic heterocycles. The zero-order valence-corrected chi connectivity index (χ0v) is 9.71. The Bertz CT molecular complexity index is 235. The molecule has 2 unspecified atom stereocenters. The van der Waals surface area contributed by atoms with Crippen LogP contribution >= 0.6 is 0 Å². The van der Waals surface area contributed by atoms with E-state index in [0.717, 1.165) is 19.5 Å². The number of nitrogens with zero attached hydrogens (tertiary/aromatic N) is 1. The zero-order chi connectivity index (χ0) is 11.5. The quantitative estimate of drug-likeness (QED) is 0.451. The van der Waals surface area contributed by atoms with Gasteiger partial charge in [-0.3, -0.25) is 10.0 Å². The minimum absolute atomic E-state index is 0.181. The highest BCUT2D eigenvalue weighted by molar-refractivity contribution is 5.76. The third-order valence-electron chi connectivity index (χ3n) is 3.57. The average molecular weight is 215 g/mol. The van der Waals surface area contributed by atoms with Crippen LogP contribution in [0.1, 0.15) is 19.8 Å². The number of hydroxylamine groups is 1. The lowest BCUT2D eigenvalue weighted by Crippen LogP contribution is -2.58. The molecule has 2 atom stereocenters. The number of piperidine rings is 1. The second kappa shape index (κ2) is 4.92. The maximum absolute atomic E-state index is 11.3. The Hall–Kier alpha value is -0.650. The van der Waals surface area contributed by atoms with E-state index >= 15 is 0 Å². The van der Waals surface area contributed by atoms with Gasteiger partial charge in [-0.15, -0.1) is 0 Å². The van der Waals surface area contributed by atoms with Gasteiger partial charge in [-0.05, 0) is 33.0 Å². The molecule has 0 spiro atoms. The molecule has 1 rings (SSSR count). The van der Waals surface area contributed by atoms with Crippen LogP contribution in [0.15, 0.2) is 0 Å². The van der Waals surface area contributed by atoms with Crippen LogP contribution in [0, 0.1) is 5.92 Å². The highest BCUT2D eigenvalue weighted by Gasteiger charge is 2.39. The molecule has 0 aromatic carbocycles. The van der Waals surface area contributed by atoms with Crippen molar-refractivity contribution in [2.24, 2.45) is 5.92 Å². The van der Waals surface area contributed by atoms with Crippen molar-refractivity contribution in [3.8, 4) is 0 Å². The monoisotopic (exact) mass is 215 g/mol. The molecule has 0 bridgehead atoms. The Morgan fingerprint density at radius 2 is 2.33 bits per heavy atom. The SMILES string of the molecule is CNC1(CC(=O)NO)CCN(C)CC1C. The second-order valence-electron chi connectivity index (χ2n) is 4.53. The number of carbonyl (C=O) groups is 1. The molecule has 1 aliphatic rings. The van der Waals surface area contributed by atoms with Gasteiger partial charge < -0.3 is 10.2 Å². The highest BCUT2D eigenvalue weighted by Crippen LogP contribution is 2.30. The van der Waals surface area contributed by atoms with E-state index in [1.165, 1.54) is 0 Å². The fourth-order valence-electron chi connectivity index (χ4n) is 2.42. The molecule has 0 aromatic rings. The maximum atomic E-state index is 11.3. The Balaban J connectivity index is 2.70. The minimum Gasteiger partial charge on any atom is -0.313 e. The summed E-state index contributed by atoms with van der Waals surface area (Å²) in [5.74, 6) is 0.0688. The highest BCUT2D eigenvalue weighted by atomic mass is 16.5. The Kier molecular flexibility index (Phi) is 4.07. The first kappa shape index (κ1) is 12.4. The van der Waals surface area contributed by atoms with E-state index in [4.69, 9.17) is 5.21 Å². The molecule has 1 heterocycles. The maximum Gasteiger partial charge on any atom is 0.245 e. The van der Waals surface area contributed by atoms with Crippen molar-refractivity contribution in [3.05, 3.63) is 0 Å². The second-order valence-corrected chi connectivity index (χ2v) is 4.53. The van der Waals surface area contributed by atoms with Crippen LogP contribution in [-0.4, -0.2) is 48.7 Å². The van der Waals surface area contributed by atoms with Crippen molar-refractivity contribution in [1.82, 2.24) is 15.7 Å². The number of amides is 1. The van der Waals surface area contributed by atoms with E-state index in [0.29, 0.717) is 12.3 Å². The third-order valence-corrected chi connectivity index (χ3v) is 3.57. The molecule has 5 heteroatoms. The molecule has 88 valence electrons. The summed E-state index contributed by atoms with van der Waals surface area (Å²) < 4.78 is 0. The Morgan fingerprint density at radius 3 is 2.80 bits per heavy atom. The topological polar surface area (TPSA) is 64.6 Å². The minimum atomic E-state index is -0.319. The fraction of sp³-hybridized carbons (Fsp3) is 0.900. The Morgan fingerprint density at radius 1 is 1.67 bits per heavy atom. The summed E-state index contributed by atoms with van der Waals surface area (Å²) >= 11 is 0. The van der Waals surface area contributed by atoms with Crippen LogP contribution in [0.4, 0.5) is 0 Å². The van der Waals surface area contributed by atoms with Crippen LogP contribution in [-0.2, 0) is 4.79 Å².